The van der Waals surface area contributed by atoms with Gasteiger partial charge in [0.2, 0.25) is 0 Å². The second-order valence-corrected chi connectivity index (χ2v) is 4.24. The summed E-state index contributed by atoms with van der Waals surface area (Å²) in [5.74, 6) is 0. The van der Waals surface area contributed by atoms with Crippen molar-refractivity contribution in [2.45, 2.75) is 4.90 Å². The maximum Gasteiger partial charge on any atom is 0.258 e. The molecule has 0 saturated carbocycles. The summed E-state index contributed by atoms with van der Waals surface area (Å²) in [5.41, 5.74) is 2.49. The molecule has 1 aromatic rings. The molecule has 0 radical (unpaired) electrons. The fourth-order valence-electron chi connectivity index (χ4n) is 0.697. The molecule has 1 N–H and O–H groups in total. The first-order valence-corrected chi connectivity index (χ1v) is 4.94. The zero-order chi connectivity index (χ0) is 9.90. The third-order valence-electron chi connectivity index (χ3n) is 1.51. The molecule has 0 saturated heterocycles. The molecule has 0 fully saturated rings. The van der Waals surface area contributed by atoms with Crippen LogP contribution in [0.1, 0.15) is 0 Å². The first-order valence-electron chi connectivity index (χ1n) is 3.50. The van der Waals surface area contributed by atoms with Crippen molar-refractivity contribution >= 4 is 10.0 Å². The Balaban J connectivity index is 3.09. The SMILES string of the molecule is CNN(C)S(=O)(=O)c1cncnc1. The number of hydrazine groups is 1. The number of nitrogens with one attached hydrogen (secondary N) is 1. The Bertz CT molecular complexity index is 363. The third kappa shape index (κ3) is 2.00. The molecule has 0 atom stereocenters. The Hall–Kier alpha value is -1.05. The van der Waals surface area contributed by atoms with E-state index in [0.717, 1.165) is 4.41 Å². The molecule has 13 heavy (non-hydrogen) atoms. The quantitative estimate of drug-likeness (QED) is 0.651. The summed E-state index contributed by atoms with van der Waals surface area (Å²) in [6.45, 7) is 0. The van der Waals surface area contributed by atoms with E-state index in [1.54, 1.807) is 0 Å². The smallest absolute Gasteiger partial charge is 0.245 e. The van der Waals surface area contributed by atoms with Crippen molar-refractivity contribution in [3.63, 3.8) is 0 Å². The maximum atomic E-state index is 11.5. The summed E-state index contributed by atoms with van der Waals surface area (Å²) in [7, 11) is -0.572. The minimum absolute atomic E-state index is 0.0619. The van der Waals surface area contributed by atoms with Gasteiger partial charge in [0.25, 0.3) is 10.0 Å². The van der Waals surface area contributed by atoms with Crippen LogP contribution in [0.15, 0.2) is 23.6 Å². The lowest BCUT2D eigenvalue weighted by atomic mass is 10.7. The molecule has 0 aliphatic heterocycles. The van der Waals surface area contributed by atoms with Crippen LogP contribution < -0.4 is 5.43 Å². The van der Waals surface area contributed by atoms with Gasteiger partial charge in [0.1, 0.15) is 11.2 Å². The van der Waals surface area contributed by atoms with E-state index >= 15 is 0 Å². The molecular formula is C6H10N4O2S. The van der Waals surface area contributed by atoms with Gasteiger partial charge in [-0.3, -0.25) is 0 Å². The van der Waals surface area contributed by atoms with Crippen LogP contribution in [0, 0.1) is 0 Å². The highest BCUT2D eigenvalue weighted by molar-refractivity contribution is 7.89. The largest absolute Gasteiger partial charge is 0.258 e. The second-order valence-electron chi connectivity index (χ2n) is 2.27. The molecule has 1 rings (SSSR count). The maximum absolute atomic E-state index is 11.5. The van der Waals surface area contributed by atoms with Crippen molar-refractivity contribution in [2.24, 2.45) is 0 Å². The Morgan fingerprint density at radius 1 is 1.38 bits per heavy atom. The van der Waals surface area contributed by atoms with E-state index in [2.05, 4.69) is 15.4 Å². The van der Waals surface area contributed by atoms with Crippen molar-refractivity contribution in [1.82, 2.24) is 19.8 Å². The predicted octanol–water partition coefficient (Wildman–Crippen LogP) is -0.768. The first-order chi connectivity index (χ1) is 6.09. The van der Waals surface area contributed by atoms with E-state index in [1.807, 2.05) is 0 Å². The van der Waals surface area contributed by atoms with Gasteiger partial charge < -0.3 is 0 Å². The van der Waals surface area contributed by atoms with Gasteiger partial charge >= 0.3 is 0 Å². The molecule has 1 aromatic heterocycles. The van der Waals surface area contributed by atoms with Gasteiger partial charge in [-0.1, -0.05) is 0 Å². The lowest BCUT2D eigenvalue weighted by molar-refractivity contribution is 0.403. The standard InChI is InChI=1S/C6H10N4O2S/c1-7-10(2)13(11,12)6-3-8-5-9-4-6/h3-5,7H,1-2H3. The Kier molecular flexibility index (Phi) is 2.91. The molecule has 0 aliphatic rings. The fraction of sp³-hybridized carbons (Fsp3) is 0.333. The molecular weight excluding hydrogens is 192 g/mol. The lowest BCUT2D eigenvalue weighted by Crippen LogP contribution is -2.36. The average Bonchev–Trinajstić information content (AvgIpc) is 2.18. The highest BCUT2D eigenvalue weighted by atomic mass is 32.2. The summed E-state index contributed by atoms with van der Waals surface area (Å²) in [6, 6.07) is 0. The second kappa shape index (κ2) is 3.77. The lowest BCUT2D eigenvalue weighted by Gasteiger charge is -2.14. The van der Waals surface area contributed by atoms with Gasteiger partial charge in [0.15, 0.2) is 0 Å². The molecule has 6 nitrogen and oxygen atoms in total. The molecule has 0 aromatic carbocycles. The molecule has 72 valence electrons. The van der Waals surface area contributed by atoms with Crippen LogP contribution in [0.25, 0.3) is 0 Å². The van der Waals surface area contributed by atoms with Crippen LogP contribution in [0.2, 0.25) is 0 Å². The number of hydrogen-bond donors (Lipinski definition) is 1. The zero-order valence-corrected chi connectivity index (χ0v) is 8.11. The van der Waals surface area contributed by atoms with E-state index in [0.29, 0.717) is 0 Å². The van der Waals surface area contributed by atoms with Crippen LogP contribution in [-0.2, 0) is 10.0 Å². The molecule has 0 spiro atoms. The summed E-state index contributed by atoms with van der Waals surface area (Å²) >= 11 is 0. The van der Waals surface area contributed by atoms with E-state index < -0.39 is 10.0 Å². The normalized spacial score (nSPS) is 11.9. The van der Waals surface area contributed by atoms with Gasteiger partial charge in [-0.25, -0.2) is 23.8 Å². The minimum atomic E-state index is -3.49. The molecule has 7 heteroatoms. The van der Waals surface area contributed by atoms with Crippen molar-refractivity contribution < 1.29 is 8.42 Å². The average molecular weight is 202 g/mol. The van der Waals surface area contributed by atoms with Crippen LogP contribution in [0.5, 0.6) is 0 Å². The minimum Gasteiger partial charge on any atom is -0.245 e. The number of sulfonamides is 1. The van der Waals surface area contributed by atoms with E-state index in [4.69, 9.17) is 0 Å². The van der Waals surface area contributed by atoms with E-state index in [-0.39, 0.29) is 4.90 Å². The summed E-state index contributed by atoms with van der Waals surface area (Å²) < 4.78 is 24.1. The Morgan fingerprint density at radius 3 is 2.38 bits per heavy atom. The number of hydrogen-bond acceptors (Lipinski definition) is 5. The topological polar surface area (TPSA) is 75.2 Å². The number of nitrogens with zero attached hydrogens (tertiary/aromatic N) is 3. The molecule has 0 aliphatic carbocycles. The summed E-state index contributed by atoms with van der Waals surface area (Å²) in [4.78, 5) is 7.31. The van der Waals surface area contributed by atoms with Gasteiger partial charge in [-0.15, -0.1) is 4.41 Å². The molecule has 0 amide bonds. The number of rotatable bonds is 3. The monoisotopic (exact) mass is 202 g/mol. The van der Waals surface area contributed by atoms with Crippen LogP contribution >= 0.6 is 0 Å². The Morgan fingerprint density at radius 2 is 1.92 bits per heavy atom. The highest BCUT2D eigenvalue weighted by Gasteiger charge is 2.19. The van der Waals surface area contributed by atoms with Crippen molar-refractivity contribution in [3.05, 3.63) is 18.7 Å². The van der Waals surface area contributed by atoms with Gasteiger partial charge in [0, 0.05) is 7.05 Å². The first kappa shape index (κ1) is 10.0. The highest BCUT2D eigenvalue weighted by Crippen LogP contribution is 2.08. The summed E-state index contributed by atoms with van der Waals surface area (Å²) in [5, 5.41) is 0. The van der Waals surface area contributed by atoms with E-state index in [1.165, 1.54) is 32.8 Å². The van der Waals surface area contributed by atoms with Crippen LogP contribution in [0.3, 0.4) is 0 Å². The van der Waals surface area contributed by atoms with Crippen molar-refractivity contribution in [2.75, 3.05) is 14.1 Å². The Labute approximate surface area is 76.6 Å². The van der Waals surface area contributed by atoms with Gasteiger partial charge in [-0.05, 0) is 7.05 Å². The van der Waals surface area contributed by atoms with Crippen molar-refractivity contribution in [3.8, 4) is 0 Å². The van der Waals surface area contributed by atoms with Gasteiger partial charge in [0.05, 0.1) is 12.4 Å². The third-order valence-corrected chi connectivity index (χ3v) is 3.22. The molecule has 0 unspecified atom stereocenters. The predicted molar refractivity (Wildman–Crippen MR) is 46.0 cm³/mol. The molecule has 1 heterocycles. The summed E-state index contributed by atoms with van der Waals surface area (Å²) in [6.07, 6.45) is 3.77. The zero-order valence-electron chi connectivity index (χ0n) is 7.30. The van der Waals surface area contributed by atoms with Crippen molar-refractivity contribution in [1.29, 1.82) is 0 Å². The number of aromatic nitrogens is 2. The fourth-order valence-corrected chi connectivity index (χ4v) is 1.64. The van der Waals surface area contributed by atoms with Gasteiger partial charge in [-0.2, -0.15) is 0 Å². The van der Waals surface area contributed by atoms with E-state index in [9.17, 15) is 8.42 Å². The van der Waals surface area contributed by atoms with Crippen LogP contribution in [-0.4, -0.2) is 36.9 Å². The van der Waals surface area contributed by atoms with Crippen LogP contribution in [0.4, 0.5) is 0 Å². The molecule has 0 bridgehead atoms.